The molecule has 0 aromatic heterocycles. The van der Waals surface area contributed by atoms with Gasteiger partial charge in [0.25, 0.3) is 5.91 Å². The van der Waals surface area contributed by atoms with E-state index in [1.807, 2.05) is 13.0 Å². The number of halogens is 1. The molecule has 5 nitrogen and oxygen atoms in total. The Bertz CT molecular complexity index is 745. The van der Waals surface area contributed by atoms with Gasteiger partial charge >= 0.3 is 0 Å². The lowest BCUT2D eigenvalue weighted by atomic mass is 10.1. The van der Waals surface area contributed by atoms with Crippen LogP contribution in [0.25, 0.3) is 0 Å². The van der Waals surface area contributed by atoms with Crippen LogP contribution >= 0.6 is 11.6 Å². The maximum absolute atomic E-state index is 12.1. The van der Waals surface area contributed by atoms with E-state index < -0.39 is 0 Å². The lowest BCUT2D eigenvalue weighted by Crippen LogP contribution is -2.18. The zero-order chi connectivity index (χ0) is 16.8. The monoisotopic (exact) mass is 332 g/mol. The van der Waals surface area contributed by atoms with Crippen molar-refractivity contribution in [3.05, 3.63) is 58.1 Å². The van der Waals surface area contributed by atoms with Crippen LogP contribution < -0.4 is 14.9 Å². The summed E-state index contributed by atoms with van der Waals surface area (Å²) >= 11 is 6.06. The van der Waals surface area contributed by atoms with Crippen LogP contribution in [0.4, 0.5) is 0 Å². The zero-order valence-electron chi connectivity index (χ0n) is 13.1. The highest BCUT2D eigenvalue weighted by Crippen LogP contribution is 2.22. The summed E-state index contributed by atoms with van der Waals surface area (Å²) in [5.74, 6) is 0.908. The number of hydrogen-bond donors (Lipinski definition) is 1. The number of benzene rings is 2. The molecule has 2 aromatic carbocycles. The molecule has 0 fully saturated rings. The van der Waals surface area contributed by atoms with E-state index in [1.54, 1.807) is 44.6 Å². The molecule has 0 aliphatic heterocycles. The number of carbonyl (C=O) groups excluding carboxylic acids is 1. The van der Waals surface area contributed by atoms with Crippen molar-refractivity contribution < 1.29 is 14.3 Å². The van der Waals surface area contributed by atoms with E-state index >= 15 is 0 Å². The highest BCUT2D eigenvalue weighted by Gasteiger charge is 2.09. The number of nitrogens with one attached hydrogen (secondary N) is 1. The lowest BCUT2D eigenvalue weighted by Gasteiger charge is -2.07. The maximum Gasteiger partial charge on any atom is 0.272 e. The summed E-state index contributed by atoms with van der Waals surface area (Å²) in [6, 6.07) is 10.5. The van der Waals surface area contributed by atoms with E-state index in [-0.39, 0.29) is 5.91 Å². The van der Waals surface area contributed by atoms with E-state index in [2.05, 4.69) is 10.5 Å². The lowest BCUT2D eigenvalue weighted by molar-refractivity contribution is 0.0955. The van der Waals surface area contributed by atoms with Crippen LogP contribution in [0.5, 0.6) is 11.5 Å². The molecular weight excluding hydrogens is 316 g/mol. The first-order chi connectivity index (χ1) is 11.0. The molecule has 0 atom stereocenters. The predicted molar refractivity (Wildman–Crippen MR) is 90.8 cm³/mol. The van der Waals surface area contributed by atoms with Gasteiger partial charge in [-0.2, -0.15) is 5.10 Å². The van der Waals surface area contributed by atoms with Gasteiger partial charge in [0.05, 0.1) is 31.0 Å². The molecule has 1 N–H and O–H groups in total. The summed E-state index contributed by atoms with van der Waals surface area (Å²) < 4.78 is 10.4. The van der Waals surface area contributed by atoms with Crippen molar-refractivity contribution >= 4 is 23.7 Å². The van der Waals surface area contributed by atoms with Crippen LogP contribution in [0.3, 0.4) is 0 Å². The first-order valence-corrected chi connectivity index (χ1v) is 7.24. The number of ether oxygens (including phenoxy) is 2. The first kappa shape index (κ1) is 16.8. The molecule has 2 aromatic rings. The van der Waals surface area contributed by atoms with Crippen molar-refractivity contribution in [2.24, 2.45) is 5.10 Å². The highest BCUT2D eigenvalue weighted by atomic mass is 35.5. The van der Waals surface area contributed by atoms with Gasteiger partial charge in [-0.1, -0.05) is 17.7 Å². The van der Waals surface area contributed by atoms with Crippen LogP contribution in [0.1, 0.15) is 21.5 Å². The molecule has 0 saturated carbocycles. The minimum absolute atomic E-state index is 0.368. The normalized spacial score (nSPS) is 10.6. The maximum atomic E-state index is 12.1. The van der Waals surface area contributed by atoms with Crippen LogP contribution in [-0.4, -0.2) is 26.3 Å². The second-order valence-corrected chi connectivity index (χ2v) is 5.20. The Balaban J connectivity index is 2.13. The van der Waals surface area contributed by atoms with Crippen molar-refractivity contribution in [3.63, 3.8) is 0 Å². The van der Waals surface area contributed by atoms with E-state index in [0.29, 0.717) is 27.6 Å². The molecule has 0 aliphatic carbocycles. The van der Waals surface area contributed by atoms with Crippen LogP contribution in [0.15, 0.2) is 41.5 Å². The Morgan fingerprint density at radius 2 is 1.96 bits per heavy atom. The van der Waals surface area contributed by atoms with Gasteiger partial charge in [-0.15, -0.1) is 0 Å². The Labute approximate surface area is 139 Å². The minimum atomic E-state index is -0.381. The van der Waals surface area contributed by atoms with E-state index in [1.165, 1.54) is 6.21 Å². The minimum Gasteiger partial charge on any atom is -0.497 e. The fourth-order valence-electron chi connectivity index (χ4n) is 1.97. The van der Waals surface area contributed by atoms with Crippen molar-refractivity contribution in [1.82, 2.24) is 5.43 Å². The third-order valence-electron chi connectivity index (χ3n) is 3.18. The molecule has 0 aliphatic rings. The summed E-state index contributed by atoms with van der Waals surface area (Å²) in [6.07, 6.45) is 1.49. The third kappa shape index (κ3) is 4.23. The van der Waals surface area contributed by atoms with Crippen LogP contribution in [0.2, 0.25) is 5.02 Å². The number of rotatable bonds is 5. The third-order valence-corrected chi connectivity index (χ3v) is 3.49. The summed E-state index contributed by atoms with van der Waals surface area (Å²) in [4.78, 5) is 12.1. The van der Waals surface area contributed by atoms with Crippen molar-refractivity contribution in [3.8, 4) is 11.5 Å². The molecule has 6 heteroatoms. The number of aryl methyl sites for hydroxylation is 1. The van der Waals surface area contributed by atoms with Gasteiger partial charge in [0, 0.05) is 5.56 Å². The molecule has 1 amide bonds. The second kappa shape index (κ2) is 7.65. The zero-order valence-corrected chi connectivity index (χ0v) is 13.8. The molecule has 120 valence electrons. The van der Waals surface area contributed by atoms with Gasteiger partial charge in [0.2, 0.25) is 0 Å². The fourth-order valence-corrected chi connectivity index (χ4v) is 2.29. The number of carbonyl (C=O) groups is 1. The molecular formula is C17H17ClN2O3. The average Bonchev–Trinajstić information content (AvgIpc) is 2.54. The average molecular weight is 333 g/mol. The molecule has 0 saturated heterocycles. The van der Waals surface area contributed by atoms with Crippen molar-refractivity contribution in [1.29, 1.82) is 0 Å². The van der Waals surface area contributed by atoms with E-state index in [4.69, 9.17) is 21.1 Å². The SMILES string of the molecule is COc1ccc(OC)c(/C=N\NC(=O)c2ccc(C)cc2Cl)c1. The molecule has 0 bridgehead atoms. The fraction of sp³-hybridized carbons (Fsp3) is 0.176. The number of methoxy groups -OCH3 is 2. The molecule has 2 rings (SSSR count). The largest absolute Gasteiger partial charge is 0.497 e. The topological polar surface area (TPSA) is 59.9 Å². The van der Waals surface area contributed by atoms with Gasteiger partial charge in [0.1, 0.15) is 11.5 Å². The van der Waals surface area contributed by atoms with Crippen molar-refractivity contribution in [2.45, 2.75) is 6.92 Å². The second-order valence-electron chi connectivity index (χ2n) is 4.79. The molecule has 0 heterocycles. The Morgan fingerprint density at radius 1 is 1.17 bits per heavy atom. The van der Waals surface area contributed by atoms with E-state index in [9.17, 15) is 4.79 Å². The van der Waals surface area contributed by atoms with Crippen molar-refractivity contribution in [2.75, 3.05) is 14.2 Å². The summed E-state index contributed by atoms with van der Waals surface area (Å²) in [5, 5.41) is 4.33. The van der Waals surface area contributed by atoms with Gasteiger partial charge < -0.3 is 9.47 Å². The van der Waals surface area contributed by atoms with Gasteiger partial charge in [-0.3, -0.25) is 4.79 Å². The molecule has 0 spiro atoms. The number of hydrazone groups is 1. The summed E-state index contributed by atoms with van der Waals surface area (Å²) in [5.41, 5.74) is 4.48. The smallest absolute Gasteiger partial charge is 0.272 e. The Kier molecular flexibility index (Phi) is 5.60. The predicted octanol–water partition coefficient (Wildman–Crippen LogP) is 3.43. The summed E-state index contributed by atoms with van der Waals surface area (Å²) in [6.45, 7) is 1.90. The quantitative estimate of drug-likeness (QED) is 0.674. The molecule has 0 radical (unpaired) electrons. The van der Waals surface area contributed by atoms with Gasteiger partial charge in [0.15, 0.2) is 0 Å². The molecule has 23 heavy (non-hydrogen) atoms. The highest BCUT2D eigenvalue weighted by molar-refractivity contribution is 6.33. The van der Waals surface area contributed by atoms with Crippen LogP contribution in [-0.2, 0) is 0 Å². The first-order valence-electron chi connectivity index (χ1n) is 6.86. The van der Waals surface area contributed by atoms with Gasteiger partial charge in [-0.05, 0) is 42.8 Å². The standard InChI is InChI=1S/C17H17ClN2O3/c1-11-4-6-14(15(18)8-11)17(21)20-19-10-12-9-13(22-2)5-7-16(12)23-3/h4-10H,1-3H3,(H,20,21)/b19-10-. The Morgan fingerprint density at radius 3 is 2.61 bits per heavy atom. The Hall–Kier alpha value is -2.53. The molecule has 0 unspecified atom stereocenters. The van der Waals surface area contributed by atoms with E-state index in [0.717, 1.165) is 5.56 Å². The number of hydrogen-bond acceptors (Lipinski definition) is 4. The van der Waals surface area contributed by atoms with Crippen LogP contribution in [0, 0.1) is 6.92 Å². The number of amides is 1. The van der Waals surface area contributed by atoms with Gasteiger partial charge in [-0.25, -0.2) is 5.43 Å². The number of nitrogens with zero attached hydrogens (tertiary/aromatic N) is 1. The summed E-state index contributed by atoms with van der Waals surface area (Å²) in [7, 11) is 3.13.